The van der Waals surface area contributed by atoms with E-state index in [1.807, 2.05) is 13.8 Å². The van der Waals surface area contributed by atoms with Crippen molar-refractivity contribution in [3.05, 3.63) is 0 Å². The number of nitrogens with one attached hydrogen (secondary N) is 2. The monoisotopic (exact) mass is 241 g/mol. The summed E-state index contributed by atoms with van der Waals surface area (Å²) >= 11 is 0. The highest BCUT2D eigenvalue weighted by atomic mass is 16.1. The predicted octanol–water partition coefficient (Wildman–Crippen LogP) is 0.975. The number of piperidine rings is 1. The molecule has 0 aliphatic carbocycles. The smallest absolute Gasteiger partial charge is 0.234 e. The second-order valence-electron chi connectivity index (χ2n) is 5.29. The van der Waals surface area contributed by atoms with Gasteiger partial charge in [-0.2, -0.15) is 0 Å². The normalized spacial score (nSPS) is 19.3. The second-order valence-corrected chi connectivity index (χ2v) is 5.29. The molecule has 1 saturated heterocycles. The van der Waals surface area contributed by atoms with Gasteiger partial charge in [0.05, 0.1) is 6.54 Å². The van der Waals surface area contributed by atoms with E-state index >= 15 is 0 Å². The van der Waals surface area contributed by atoms with Crippen LogP contribution in [0, 0.1) is 0 Å². The van der Waals surface area contributed by atoms with E-state index < -0.39 is 0 Å². The zero-order chi connectivity index (χ0) is 12.7. The maximum atomic E-state index is 11.5. The van der Waals surface area contributed by atoms with Crippen LogP contribution in [-0.4, -0.2) is 49.1 Å². The molecule has 0 bridgehead atoms. The van der Waals surface area contributed by atoms with Crippen LogP contribution < -0.4 is 10.6 Å². The molecule has 1 aliphatic heterocycles. The van der Waals surface area contributed by atoms with E-state index in [9.17, 15) is 4.79 Å². The van der Waals surface area contributed by atoms with Gasteiger partial charge in [0.25, 0.3) is 0 Å². The Labute approximate surface area is 105 Å². The van der Waals surface area contributed by atoms with Crippen molar-refractivity contribution in [1.82, 2.24) is 15.5 Å². The summed E-state index contributed by atoms with van der Waals surface area (Å²) in [7, 11) is 0. The minimum absolute atomic E-state index is 0.0996. The summed E-state index contributed by atoms with van der Waals surface area (Å²) in [6.07, 6.45) is 3.95. The summed E-state index contributed by atoms with van der Waals surface area (Å²) in [5.41, 5.74) is 0. The fourth-order valence-corrected chi connectivity index (χ4v) is 2.11. The van der Waals surface area contributed by atoms with Crippen molar-refractivity contribution >= 4 is 5.91 Å². The number of amides is 1. The second kappa shape index (κ2) is 7.67. The molecule has 0 saturated carbocycles. The number of carbonyl (C=O) groups excluding carboxylic acids is 1. The molecule has 2 N–H and O–H groups in total. The van der Waals surface area contributed by atoms with E-state index in [-0.39, 0.29) is 5.91 Å². The number of hydrogen-bond donors (Lipinski definition) is 2. The standard InChI is InChI=1S/C13H27N3O/c1-11(2)14-10-13(17)15-9-12(3)16-7-5-4-6-8-16/h11-12,14H,4-10H2,1-3H3,(H,15,17). The molecule has 100 valence electrons. The van der Waals surface area contributed by atoms with Crippen molar-refractivity contribution in [2.24, 2.45) is 0 Å². The van der Waals surface area contributed by atoms with Crippen LogP contribution in [0.2, 0.25) is 0 Å². The lowest BCUT2D eigenvalue weighted by molar-refractivity contribution is -0.120. The Bertz CT molecular complexity index is 225. The molecule has 1 heterocycles. The van der Waals surface area contributed by atoms with Gasteiger partial charge in [-0.1, -0.05) is 20.3 Å². The Balaban J connectivity index is 2.13. The Hall–Kier alpha value is -0.610. The lowest BCUT2D eigenvalue weighted by Gasteiger charge is -2.32. The molecule has 0 radical (unpaired) electrons. The molecule has 0 aromatic carbocycles. The summed E-state index contributed by atoms with van der Waals surface area (Å²) in [6, 6.07) is 0.818. The zero-order valence-corrected chi connectivity index (χ0v) is 11.5. The highest BCUT2D eigenvalue weighted by Gasteiger charge is 2.16. The minimum atomic E-state index is 0.0996. The van der Waals surface area contributed by atoms with E-state index in [0.717, 1.165) is 6.54 Å². The first-order valence-electron chi connectivity index (χ1n) is 6.83. The van der Waals surface area contributed by atoms with Crippen LogP contribution in [-0.2, 0) is 4.79 Å². The Morgan fingerprint density at radius 2 is 1.82 bits per heavy atom. The van der Waals surface area contributed by atoms with Gasteiger partial charge in [0, 0.05) is 18.6 Å². The summed E-state index contributed by atoms with van der Waals surface area (Å²) in [4.78, 5) is 14.0. The van der Waals surface area contributed by atoms with Crippen LogP contribution in [0.3, 0.4) is 0 Å². The highest BCUT2D eigenvalue weighted by Crippen LogP contribution is 2.11. The van der Waals surface area contributed by atoms with Gasteiger partial charge < -0.3 is 10.6 Å². The molecule has 1 amide bonds. The van der Waals surface area contributed by atoms with Crippen LogP contribution >= 0.6 is 0 Å². The van der Waals surface area contributed by atoms with Crippen LogP contribution in [0.4, 0.5) is 0 Å². The fourth-order valence-electron chi connectivity index (χ4n) is 2.11. The molecule has 1 aliphatic rings. The first kappa shape index (κ1) is 14.5. The Morgan fingerprint density at radius 3 is 2.41 bits per heavy atom. The molecule has 0 aromatic rings. The molecule has 0 aromatic heterocycles. The number of rotatable bonds is 6. The first-order chi connectivity index (χ1) is 8.09. The lowest BCUT2D eigenvalue weighted by Crippen LogP contribution is -2.46. The summed E-state index contributed by atoms with van der Waals surface area (Å²) < 4.78 is 0. The molecular formula is C13H27N3O. The highest BCUT2D eigenvalue weighted by molar-refractivity contribution is 5.78. The average Bonchev–Trinajstić information content (AvgIpc) is 2.34. The first-order valence-corrected chi connectivity index (χ1v) is 6.83. The Morgan fingerprint density at radius 1 is 1.18 bits per heavy atom. The van der Waals surface area contributed by atoms with Crippen molar-refractivity contribution in [3.63, 3.8) is 0 Å². The van der Waals surface area contributed by atoms with Gasteiger partial charge in [-0.15, -0.1) is 0 Å². The van der Waals surface area contributed by atoms with Crippen molar-refractivity contribution in [2.75, 3.05) is 26.2 Å². The molecule has 0 spiro atoms. The fraction of sp³-hybridized carbons (Fsp3) is 0.923. The zero-order valence-electron chi connectivity index (χ0n) is 11.5. The van der Waals surface area contributed by atoms with Crippen LogP contribution in [0.5, 0.6) is 0 Å². The van der Waals surface area contributed by atoms with Gasteiger partial charge in [-0.25, -0.2) is 0 Å². The number of nitrogens with zero attached hydrogens (tertiary/aromatic N) is 1. The van der Waals surface area contributed by atoms with Crippen LogP contribution in [0.25, 0.3) is 0 Å². The van der Waals surface area contributed by atoms with E-state index in [0.29, 0.717) is 18.6 Å². The third kappa shape index (κ3) is 6.03. The molecular weight excluding hydrogens is 214 g/mol. The van der Waals surface area contributed by atoms with E-state index in [1.54, 1.807) is 0 Å². The third-order valence-corrected chi connectivity index (χ3v) is 3.28. The van der Waals surface area contributed by atoms with E-state index in [4.69, 9.17) is 0 Å². The van der Waals surface area contributed by atoms with Gasteiger partial charge in [-0.05, 0) is 32.9 Å². The summed E-state index contributed by atoms with van der Waals surface area (Å²) in [5.74, 6) is 0.0996. The lowest BCUT2D eigenvalue weighted by atomic mass is 10.1. The van der Waals surface area contributed by atoms with Crippen molar-refractivity contribution in [2.45, 2.75) is 52.1 Å². The van der Waals surface area contributed by atoms with Gasteiger partial charge in [0.1, 0.15) is 0 Å². The maximum Gasteiger partial charge on any atom is 0.234 e. The summed E-state index contributed by atoms with van der Waals surface area (Å²) in [6.45, 7) is 9.83. The van der Waals surface area contributed by atoms with E-state index in [2.05, 4.69) is 22.5 Å². The van der Waals surface area contributed by atoms with E-state index in [1.165, 1.54) is 32.4 Å². The van der Waals surface area contributed by atoms with Crippen LogP contribution in [0.1, 0.15) is 40.0 Å². The summed E-state index contributed by atoms with van der Waals surface area (Å²) in [5, 5.41) is 6.11. The molecule has 1 atom stereocenters. The van der Waals surface area contributed by atoms with Crippen molar-refractivity contribution < 1.29 is 4.79 Å². The molecule has 1 fully saturated rings. The molecule has 4 nitrogen and oxygen atoms in total. The van der Waals surface area contributed by atoms with Gasteiger partial charge in [0.2, 0.25) is 5.91 Å². The minimum Gasteiger partial charge on any atom is -0.353 e. The third-order valence-electron chi connectivity index (χ3n) is 3.28. The van der Waals surface area contributed by atoms with Gasteiger partial charge in [-0.3, -0.25) is 9.69 Å². The number of carbonyl (C=O) groups is 1. The SMILES string of the molecule is CC(C)NCC(=O)NCC(C)N1CCCCC1. The molecule has 17 heavy (non-hydrogen) atoms. The van der Waals surface area contributed by atoms with Crippen molar-refractivity contribution in [1.29, 1.82) is 0 Å². The van der Waals surface area contributed by atoms with Crippen molar-refractivity contribution in [3.8, 4) is 0 Å². The van der Waals surface area contributed by atoms with Crippen LogP contribution in [0.15, 0.2) is 0 Å². The topological polar surface area (TPSA) is 44.4 Å². The largest absolute Gasteiger partial charge is 0.353 e. The van der Waals surface area contributed by atoms with Gasteiger partial charge >= 0.3 is 0 Å². The average molecular weight is 241 g/mol. The quantitative estimate of drug-likeness (QED) is 0.728. The predicted molar refractivity (Wildman–Crippen MR) is 71.0 cm³/mol. The molecule has 1 unspecified atom stereocenters. The number of likely N-dealkylation sites (tertiary alicyclic amines) is 1. The van der Waals surface area contributed by atoms with Gasteiger partial charge in [0.15, 0.2) is 0 Å². The number of hydrogen-bond acceptors (Lipinski definition) is 3. The maximum absolute atomic E-state index is 11.5. The Kier molecular flexibility index (Phi) is 6.52. The molecule has 4 heteroatoms. The molecule has 1 rings (SSSR count).